The zero-order valence-electron chi connectivity index (χ0n) is 20.4. The molecule has 1 atom stereocenters. The van der Waals surface area contributed by atoms with E-state index in [0.29, 0.717) is 23.8 Å². The van der Waals surface area contributed by atoms with Crippen LogP contribution in [0.3, 0.4) is 0 Å². The topological polar surface area (TPSA) is 145 Å². The van der Waals surface area contributed by atoms with Crippen molar-refractivity contribution < 1.29 is 9.18 Å². The number of nitrogens with zero attached hydrogens (tertiary/aromatic N) is 4. The molecule has 0 saturated carbocycles. The average Bonchev–Trinajstić information content (AvgIpc) is 3.38. The van der Waals surface area contributed by atoms with Gasteiger partial charge in [0.25, 0.3) is 5.91 Å². The third kappa shape index (κ3) is 4.99. The van der Waals surface area contributed by atoms with Crippen molar-refractivity contribution in [3.8, 4) is 17.2 Å². The Labute approximate surface area is 217 Å². The van der Waals surface area contributed by atoms with E-state index in [1.165, 1.54) is 30.7 Å². The van der Waals surface area contributed by atoms with Gasteiger partial charge in [0, 0.05) is 24.5 Å². The Morgan fingerprint density at radius 3 is 2.63 bits per heavy atom. The van der Waals surface area contributed by atoms with Gasteiger partial charge in [0.2, 0.25) is 0 Å². The molecule has 5 N–H and O–H groups in total. The minimum atomic E-state index is -0.400. The number of nitrogens with two attached hydrogens (primary N) is 1. The number of pyridine rings is 1. The molecule has 9 nitrogen and oxygen atoms in total. The molecule has 0 fully saturated rings. The maximum atomic E-state index is 13.3. The molecule has 0 spiro atoms. The van der Waals surface area contributed by atoms with Crippen LogP contribution >= 0.6 is 0 Å². The first kappa shape index (κ1) is 24.4. The van der Waals surface area contributed by atoms with Crippen LogP contribution in [0, 0.1) is 17.1 Å². The summed E-state index contributed by atoms with van der Waals surface area (Å²) in [5, 5.41) is 16.2. The number of anilines is 2. The summed E-state index contributed by atoms with van der Waals surface area (Å²) in [6.45, 7) is 2.20. The maximum Gasteiger partial charge on any atom is 0.255 e. The number of carbonyl (C=O) groups excluding carboxylic acids is 1. The van der Waals surface area contributed by atoms with Crippen molar-refractivity contribution >= 4 is 28.6 Å². The summed E-state index contributed by atoms with van der Waals surface area (Å²) < 4.78 is 13.3. The van der Waals surface area contributed by atoms with Gasteiger partial charge in [0.1, 0.15) is 35.5 Å². The number of H-pyrrole nitrogens is 1. The SMILES string of the molecule is CC(NC(=O)c1cc(C#N)cnc1NCc1ccc(-c2c[nH]c3ncnc(N)c23)cc1)c1ccc(F)cc1. The van der Waals surface area contributed by atoms with Crippen LogP contribution in [0.25, 0.3) is 22.2 Å². The Balaban J connectivity index is 1.32. The van der Waals surface area contributed by atoms with E-state index in [9.17, 15) is 14.4 Å². The monoisotopic (exact) mass is 506 g/mol. The first-order chi connectivity index (χ1) is 18.4. The van der Waals surface area contributed by atoms with E-state index in [1.807, 2.05) is 36.5 Å². The fraction of sp³-hybridized carbons (Fsp3) is 0.107. The van der Waals surface area contributed by atoms with E-state index >= 15 is 0 Å². The molecule has 3 heterocycles. The van der Waals surface area contributed by atoms with Crippen molar-refractivity contribution in [1.82, 2.24) is 25.3 Å². The number of nitrogens with one attached hydrogen (secondary N) is 3. The third-order valence-electron chi connectivity index (χ3n) is 6.20. The predicted octanol–water partition coefficient (Wildman–Crippen LogP) is 4.72. The van der Waals surface area contributed by atoms with Gasteiger partial charge in [-0.1, -0.05) is 36.4 Å². The summed E-state index contributed by atoms with van der Waals surface area (Å²) in [7, 11) is 0. The third-order valence-corrected chi connectivity index (χ3v) is 6.20. The van der Waals surface area contributed by atoms with Gasteiger partial charge in [-0.3, -0.25) is 4.79 Å². The summed E-state index contributed by atoms with van der Waals surface area (Å²) in [4.78, 5) is 28.8. The number of aromatic amines is 1. The van der Waals surface area contributed by atoms with Gasteiger partial charge in [0.15, 0.2) is 0 Å². The number of carbonyl (C=O) groups is 1. The zero-order valence-corrected chi connectivity index (χ0v) is 20.4. The van der Waals surface area contributed by atoms with E-state index < -0.39 is 5.91 Å². The lowest BCUT2D eigenvalue weighted by molar-refractivity contribution is 0.0940. The molecule has 1 amide bonds. The van der Waals surface area contributed by atoms with Crippen molar-refractivity contribution in [3.05, 3.63) is 101 Å². The van der Waals surface area contributed by atoms with E-state index in [2.05, 4.69) is 30.6 Å². The summed E-state index contributed by atoms with van der Waals surface area (Å²) in [6, 6.07) is 16.9. The van der Waals surface area contributed by atoms with Crippen LogP contribution in [0.15, 0.2) is 73.3 Å². The molecule has 0 radical (unpaired) electrons. The summed E-state index contributed by atoms with van der Waals surface area (Å²) in [5.41, 5.74) is 10.8. The number of hydrogen-bond acceptors (Lipinski definition) is 7. The average molecular weight is 507 g/mol. The first-order valence-corrected chi connectivity index (χ1v) is 11.8. The molecule has 0 bridgehead atoms. The quantitative estimate of drug-likeness (QED) is 0.250. The predicted molar refractivity (Wildman–Crippen MR) is 142 cm³/mol. The molecule has 1 unspecified atom stereocenters. The Morgan fingerprint density at radius 1 is 1.13 bits per heavy atom. The molecule has 5 rings (SSSR count). The summed E-state index contributed by atoms with van der Waals surface area (Å²) in [5.74, 6) is 0.00241. The number of nitriles is 1. The molecule has 10 heteroatoms. The highest BCUT2D eigenvalue weighted by atomic mass is 19.1. The first-order valence-electron chi connectivity index (χ1n) is 11.8. The molecule has 0 aliphatic carbocycles. The van der Waals surface area contributed by atoms with Crippen LogP contribution in [0.1, 0.15) is 40.0 Å². The molecular formula is C28H23FN8O. The van der Waals surface area contributed by atoms with Crippen LogP contribution in [-0.4, -0.2) is 25.8 Å². The highest BCUT2D eigenvalue weighted by Gasteiger charge is 2.17. The number of fused-ring (bicyclic) bond motifs is 1. The number of amides is 1. The van der Waals surface area contributed by atoms with Crippen molar-refractivity contribution in [3.63, 3.8) is 0 Å². The fourth-order valence-corrected chi connectivity index (χ4v) is 4.15. The Hall–Kier alpha value is -5.30. The lowest BCUT2D eigenvalue weighted by Crippen LogP contribution is -2.28. The summed E-state index contributed by atoms with van der Waals surface area (Å²) in [6.07, 6.45) is 4.68. The highest BCUT2D eigenvalue weighted by molar-refractivity contribution is 6.00. The molecular weight excluding hydrogens is 483 g/mol. The van der Waals surface area contributed by atoms with Gasteiger partial charge in [-0.15, -0.1) is 0 Å². The second kappa shape index (κ2) is 10.4. The number of nitrogen functional groups attached to an aromatic ring is 1. The number of benzene rings is 2. The fourth-order valence-electron chi connectivity index (χ4n) is 4.15. The van der Waals surface area contributed by atoms with Crippen LogP contribution in [0.4, 0.5) is 16.0 Å². The lowest BCUT2D eigenvalue weighted by Gasteiger charge is -2.16. The smallest absolute Gasteiger partial charge is 0.255 e. The van der Waals surface area contributed by atoms with E-state index in [0.717, 1.165) is 27.6 Å². The molecule has 0 saturated heterocycles. The summed E-state index contributed by atoms with van der Waals surface area (Å²) >= 11 is 0. The minimum Gasteiger partial charge on any atom is -0.383 e. The van der Waals surface area contributed by atoms with Gasteiger partial charge < -0.3 is 21.4 Å². The molecule has 2 aromatic carbocycles. The van der Waals surface area contributed by atoms with Crippen LogP contribution in [0.2, 0.25) is 0 Å². The molecule has 3 aromatic heterocycles. The van der Waals surface area contributed by atoms with Crippen molar-refractivity contribution in [1.29, 1.82) is 5.26 Å². The van der Waals surface area contributed by atoms with Gasteiger partial charge in [0.05, 0.1) is 22.6 Å². The normalized spacial score (nSPS) is 11.6. The lowest BCUT2D eigenvalue weighted by atomic mass is 10.0. The van der Waals surface area contributed by atoms with Crippen LogP contribution in [0.5, 0.6) is 0 Å². The van der Waals surface area contributed by atoms with Gasteiger partial charge >= 0.3 is 0 Å². The molecule has 38 heavy (non-hydrogen) atoms. The van der Waals surface area contributed by atoms with Crippen LogP contribution < -0.4 is 16.4 Å². The highest BCUT2D eigenvalue weighted by Crippen LogP contribution is 2.30. The van der Waals surface area contributed by atoms with Crippen molar-refractivity contribution in [2.75, 3.05) is 11.1 Å². The van der Waals surface area contributed by atoms with Crippen molar-refractivity contribution in [2.24, 2.45) is 0 Å². The molecule has 5 aromatic rings. The number of halogens is 1. The van der Waals surface area contributed by atoms with Crippen LogP contribution in [-0.2, 0) is 6.54 Å². The van der Waals surface area contributed by atoms with E-state index in [4.69, 9.17) is 5.73 Å². The number of rotatable bonds is 7. The van der Waals surface area contributed by atoms with Gasteiger partial charge in [-0.2, -0.15) is 5.26 Å². The van der Waals surface area contributed by atoms with Crippen molar-refractivity contribution in [2.45, 2.75) is 19.5 Å². The molecule has 188 valence electrons. The Kier molecular flexibility index (Phi) is 6.65. The zero-order chi connectivity index (χ0) is 26.6. The van der Waals surface area contributed by atoms with Gasteiger partial charge in [-0.05, 0) is 41.8 Å². The number of aromatic nitrogens is 4. The van der Waals surface area contributed by atoms with E-state index in [-0.39, 0.29) is 23.0 Å². The largest absolute Gasteiger partial charge is 0.383 e. The molecule has 0 aliphatic rings. The Morgan fingerprint density at radius 2 is 1.89 bits per heavy atom. The number of hydrogen-bond donors (Lipinski definition) is 4. The van der Waals surface area contributed by atoms with Gasteiger partial charge in [-0.25, -0.2) is 19.3 Å². The second-order valence-corrected chi connectivity index (χ2v) is 8.71. The second-order valence-electron chi connectivity index (χ2n) is 8.71. The Bertz CT molecular complexity index is 1660. The van der Waals surface area contributed by atoms with E-state index in [1.54, 1.807) is 19.1 Å². The minimum absolute atomic E-state index is 0.240. The maximum absolute atomic E-state index is 13.3. The standard InChI is InChI=1S/C28H23FN8O/c1-16(19-6-8-21(29)9-7-19)37-28(38)22-10-18(11-30)13-33-26(22)32-12-17-2-4-20(5-3-17)23-14-34-27-24(23)25(31)35-15-36-27/h2-10,13-16H,12H2,1H3,(H,32,33)(H,37,38)(H3,31,34,35,36). The molecule has 0 aliphatic heterocycles.